The van der Waals surface area contributed by atoms with Gasteiger partial charge >= 0.3 is 0 Å². The minimum absolute atomic E-state index is 0.205. The van der Waals surface area contributed by atoms with Crippen LogP contribution in [0.15, 0.2) is 194 Å². The topological polar surface area (TPSA) is 0 Å². The molecule has 0 aliphatic rings. The van der Waals surface area contributed by atoms with Crippen molar-refractivity contribution in [3.63, 3.8) is 0 Å². The van der Waals surface area contributed by atoms with Crippen LogP contribution >= 0.6 is 0 Å². The molecule has 11 aromatic rings. The Kier molecular flexibility index (Phi) is 5.34. The summed E-state index contributed by atoms with van der Waals surface area (Å²) in [5.41, 5.74) is 7.74. The van der Waals surface area contributed by atoms with Gasteiger partial charge < -0.3 is 0 Å². The van der Waals surface area contributed by atoms with E-state index >= 15 is 0 Å². The minimum Gasteiger partial charge on any atom is -0.0622 e. The quantitative estimate of drug-likeness (QED) is 0.130. The maximum atomic E-state index is 8.96. The van der Waals surface area contributed by atoms with E-state index in [1.165, 1.54) is 49.0 Å². The van der Waals surface area contributed by atoms with E-state index in [9.17, 15) is 0 Å². The van der Waals surface area contributed by atoms with Gasteiger partial charge in [0, 0.05) is 0 Å². The molecule has 0 heterocycles. The van der Waals surface area contributed by atoms with Crippen LogP contribution in [0.5, 0.6) is 0 Å². The lowest BCUT2D eigenvalue weighted by Gasteiger charge is -2.20. The van der Waals surface area contributed by atoms with E-state index in [-0.39, 0.29) is 29.7 Å². The molecule has 0 aliphatic carbocycles. The molecule has 0 spiro atoms. The van der Waals surface area contributed by atoms with Gasteiger partial charge in [-0.15, -0.1) is 0 Å². The van der Waals surface area contributed by atoms with Gasteiger partial charge in [-0.1, -0.05) is 194 Å². The van der Waals surface area contributed by atoms with Crippen molar-refractivity contribution in [2.75, 3.05) is 0 Å². The Hall–Kier alpha value is -6.76. The fourth-order valence-corrected chi connectivity index (χ4v) is 8.72. The molecule has 0 N–H and O–H groups in total. The predicted molar refractivity (Wildman–Crippen MR) is 224 cm³/mol. The Morgan fingerprint density at radius 1 is 0.269 bits per heavy atom. The zero-order valence-corrected chi connectivity index (χ0v) is 28.1. The zero-order chi connectivity index (χ0) is 38.5. The van der Waals surface area contributed by atoms with Gasteiger partial charge in [-0.25, -0.2) is 0 Å². The molecule has 0 unspecified atom stereocenters. The number of benzene rings is 11. The Balaban J connectivity index is 1.18. The molecule has 0 aliphatic heterocycles. The molecule has 0 amide bonds. The van der Waals surface area contributed by atoms with E-state index in [1.54, 1.807) is 0 Å². The summed E-state index contributed by atoms with van der Waals surface area (Å²) in [7, 11) is 0. The molecule has 0 aromatic heterocycles. The molecule has 0 heteroatoms. The molecule has 0 nitrogen and oxygen atoms in total. The Morgan fingerprint density at radius 2 is 0.692 bits per heavy atom. The second-order valence-electron chi connectivity index (χ2n) is 13.6. The first-order valence-corrected chi connectivity index (χ1v) is 17.7. The SMILES string of the molecule is [2H]c1c([2H])c([2H])c(-c2c3ccccc3c(-c3ccc(-c4ccc5ccc6c(-c7ccccc7)ccc7ccc4c5c76)c4ccccc34)c3ccccc23)c([2H])c1[2H]. The van der Waals surface area contributed by atoms with E-state index in [2.05, 4.69) is 127 Å². The van der Waals surface area contributed by atoms with Gasteiger partial charge in [-0.2, -0.15) is 0 Å². The normalized spacial score (nSPS) is 13.2. The monoisotopic (exact) mass is 661 g/mol. The van der Waals surface area contributed by atoms with Crippen LogP contribution in [0.4, 0.5) is 0 Å². The van der Waals surface area contributed by atoms with E-state index in [1.807, 2.05) is 36.4 Å². The van der Waals surface area contributed by atoms with Crippen molar-refractivity contribution < 1.29 is 6.85 Å². The van der Waals surface area contributed by atoms with Crippen molar-refractivity contribution in [2.45, 2.75) is 0 Å². The summed E-state index contributed by atoms with van der Waals surface area (Å²) in [5, 5.41) is 13.3. The second-order valence-corrected chi connectivity index (χ2v) is 13.6. The largest absolute Gasteiger partial charge is 0.0629 e. The average Bonchev–Trinajstić information content (AvgIpc) is 3.26. The lowest BCUT2D eigenvalue weighted by Crippen LogP contribution is -1.93. The molecule has 0 bridgehead atoms. The Labute approximate surface area is 309 Å². The van der Waals surface area contributed by atoms with Crippen molar-refractivity contribution in [2.24, 2.45) is 0 Å². The van der Waals surface area contributed by atoms with Crippen LogP contribution in [0, 0.1) is 0 Å². The molecule has 11 rings (SSSR count). The summed E-state index contributed by atoms with van der Waals surface area (Å²) in [6, 6.07) is 56.4. The lowest BCUT2D eigenvalue weighted by molar-refractivity contribution is 1.65. The second kappa shape index (κ2) is 11.4. The number of hydrogen-bond donors (Lipinski definition) is 0. The van der Waals surface area contributed by atoms with Gasteiger partial charge in [0.15, 0.2) is 0 Å². The molecule has 0 radical (unpaired) electrons. The van der Waals surface area contributed by atoms with Crippen LogP contribution < -0.4 is 0 Å². The van der Waals surface area contributed by atoms with E-state index in [0.717, 1.165) is 49.0 Å². The number of hydrogen-bond acceptors (Lipinski definition) is 0. The highest BCUT2D eigenvalue weighted by Crippen LogP contribution is 2.48. The van der Waals surface area contributed by atoms with Crippen LogP contribution in [0.2, 0.25) is 0 Å². The Morgan fingerprint density at radius 3 is 1.31 bits per heavy atom. The van der Waals surface area contributed by atoms with Gasteiger partial charge in [0.05, 0.1) is 6.85 Å². The van der Waals surface area contributed by atoms with Gasteiger partial charge in [0.1, 0.15) is 0 Å². The summed E-state index contributed by atoms with van der Waals surface area (Å²) < 4.78 is 43.2. The Bertz CT molecular complexity index is 3370. The lowest BCUT2D eigenvalue weighted by atomic mass is 9.83. The maximum absolute atomic E-state index is 8.96. The van der Waals surface area contributed by atoms with Gasteiger partial charge in [-0.3, -0.25) is 0 Å². The van der Waals surface area contributed by atoms with Crippen LogP contribution in [-0.4, -0.2) is 0 Å². The molecule has 0 saturated heterocycles. The van der Waals surface area contributed by atoms with E-state index < -0.39 is 6.04 Å². The summed E-state index contributed by atoms with van der Waals surface area (Å²) in [6.45, 7) is 0. The van der Waals surface area contributed by atoms with Gasteiger partial charge in [0.25, 0.3) is 0 Å². The molecule has 0 fully saturated rings. The maximum Gasteiger partial charge on any atom is 0.0629 e. The molecule has 0 atom stereocenters. The number of fused-ring (bicyclic) bond motifs is 3. The highest BCUT2D eigenvalue weighted by molar-refractivity contribution is 6.29. The molecule has 52 heavy (non-hydrogen) atoms. The van der Waals surface area contributed by atoms with Crippen molar-refractivity contribution in [1.82, 2.24) is 0 Å². The molecule has 240 valence electrons. The molecule has 0 saturated carbocycles. The van der Waals surface area contributed by atoms with E-state index in [0.29, 0.717) is 5.56 Å². The van der Waals surface area contributed by atoms with Crippen molar-refractivity contribution in [3.8, 4) is 44.5 Å². The first-order chi connectivity index (χ1) is 27.9. The van der Waals surface area contributed by atoms with Crippen molar-refractivity contribution >= 4 is 64.6 Å². The fourth-order valence-electron chi connectivity index (χ4n) is 8.72. The average molecular weight is 662 g/mol. The predicted octanol–water partition coefficient (Wildman–Crippen LogP) is 14.7. The van der Waals surface area contributed by atoms with Crippen molar-refractivity contribution in [3.05, 3.63) is 194 Å². The summed E-state index contributed by atoms with van der Waals surface area (Å²) >= 11 is 0. The van der Waals surface area contributed by atoms with Crippen LogP contribution in [-0.2, 0) is 0 Å². The van der Waals surface area contributed by atoms with E-state index in [4.69, 9.17) is 6.85 Å². The van der Waals surface area contributed by atoms with Crippen LogP contribution in [0.25, 0.3) is 109 Å². The number of rotatable bonds is 4. The fraction of sp³-hybridized carbons (Fsp3) is 0. The third-order valence-corrected chi connectivity index (χ3v) is 10.9. The highest BCUT2D eigenvalue weighted by Gasteiger charge is 2.20. The van der Waals surface area contributed by atoms with Gasteiger partial charge in [-0.05, 0) is 109 Å². The summed E-state index contributed by atoms with van der Waals surface area (Å²) in [4.78, 5) is 0. The standard InChI is InChI=1S/C52H32/c1-3-13-33(14-4-1)37-27-23-35-26-30-47-41(28-24-36-25-29-46(37)50(35)51(36)47)40-31-32-48(39-18-8-7-17-38(39)40)52-44-21-11-9-19-42(44)49(34-15-5-2-6-16-34)43-20-10-12-22-45(43)52/h1-32H/i2D,5D,6D,15D,16D. The zero-order valence-electron chi connectivity index (χ0n) is 33.1. The molecule has 11 aromatic carbocycles. The first-order valence-electron chi connectivity index (χ1n) is 20.2. The highest BCUT2D eigenvalue weighted by atomic mass is 14.2. The summed E-state index contributed by atoms with van der Waals surface area (Å²) in [6.07, 6.45) is 0. The van der Waals surface area contributed by atoms with Crippen LogP contribution in [0.1, 0.15) is 6.85 Å². The third kappa shape index (κ3) is 4.22. The minimum atomic E-state index is -0.396. The van der Waals surface area contributed by atoms with Crippen LogP contribution in [0.3, 0.4) is 0 Å². The summed E-state index contributed by atoms with van der Waals surface area (Å²) in [5.74, 6) is 0. The molecular formula is C52H32. The molecular weight excluding hydrogens is 625 g/mol. The first kappa shape index (κ1) is 24.4. The van der Waals surface area contributed by atoms with Gasteiger partial charge in [0.2, 0.25) is 0 Å². The smallest absolute Gasteiger partial charge is 0.0622 e. The van der Waals surface area contributed by atoms with Crippen molar-refractivity contribution in [1.29, 1.82) is 0 Å². The third-order valence-electron chi connectivity index (χ3n) is 10.9.